The maximum absolute atomic E-state index is 12.1. The van der Waals surface area contributed by atoms with E-state index in [1.807, 2.05) is 12.1 Å². The first-order valence-corrected chi connectivity index (χ1v) is 4.93. The van der Waals surface area contributed by atoms with Gasteiger partial charge in [-0.15, -0.1) is 0 Å². The Morgan fingerprint density at radius 3 is 2.15 bits per heavy atom. The number of benzene rings is 1. The van der Waals surface area contributed by atoms with Crippen LogP contribution >= 0.6 is 11.6 Å². The van der Waals surface area contributed by atoms with Gasteiger partial charge < -0.3 is 9.85 Å². The van der Waals surface area contributed by atoms with Crippen LogP contribution in [0.2, 0.25) is 5.02 Å². The van der Waals surface area contributed by atoms with Crippen LogP contribution in [-0.2, 0) is 0 Å². The summed E-state index contributed by atoms with van der Waals surface area (Å²) in [4.78, 5) is 0. The van der Waals surface area contributed by atoms with E-state index in [0.717, 1.165) is 18.5 Å². The van der Waals surface area contributed by atoms with E-state index in [-0.39, 0.29) is 4.65 Å². The van der Waals surface area contributed by atoms with E-state index in [0.29, 0.717) is 18.1 Å². The molecule has 0 N–H and O–H groups in total. The maximum atomic E-state index is 12.1. The smallest absolute Gasteiger partial charge is 0.132 e. The molecule has 13 heavy (non-hydrogen) atoms. The van der Waals surface area contributed by atoms with E-state index in [1.165, 1.54) is 0 Å². The molecule has 1 aliphatic rings. The molecule has 0 amide bonds. The van der Waals surface area contributed by atoms with Crippen molar-refractivity contribution in [2.75, 3.05) is 13.1 Å². The Hall–Kier alpha value is -0.570. The van der Waals surface area contributed by atoms with Crippen LogP contribution in [0.5, 0.6) is 0 Å². The SMILES string of the molecule is [O-][N+]1(c2ccc(Cl)cc2)CCCC1. The fourth-order valence-electron chi connectivity index (χ4n) is 1.82. The van der Waals surface area contributed by atoms with Crippen LogP contribution in [0.4, 0.5) is 5.69 Å². The van der Waals surface area contributed by atoms with Crippen LogP contribution in [0.3, 0.4) is 0 Å². The summed E-state index contributed by atoms with van der Waals surface area (Å²) in [6.07, 6.45) is 2.07. The van der Waals surface area contributed by atoms with Crippen molar-refractivity contribution in [2.24, 2.45) is 0 Å². The Balaban J connectivity index is 2.29. The normalized spacial score (nSPS) is 20.5. The van der Waals surface area contributed by atoms with Crippen LogP contribution in [0.1, 0.15) is 12.8 Å². The molecule has 1 saturated heterocycles. The molecular weight excluding hydrogens is 186 g/mol. The third-order valence-electron chi connectivity index (χ3n) is 2.59. The molecule has 0 bridgehead atoms. The summed E-state index contributed by atoms with van der Waals surface area (Å²) in [6, 6.07) is 7.24. The summed E-state index contributed by atoms with van der Waals surface area (Å²) >= 11 is 5.75. The summed E-state index contributed by atoms with van der Waals surface area (Å²) in [5.41, 5.74) is 0.835. The molecule has 1 aromatic carbocycles. The molecule has 2 rings (SSSR count). The Bertz CT molecular complexity index is 290. The zero-order chi connectivity index (χ0) is 9.31. The third-order valence-corrected chi connectivity index (χ3v) is 2.84. The highest BCUT2D eigenvalue weighted by molar-refractivity contribution is 6.30. The van der Waals surface area contributed by atoms with Crippen molar-refractivity contribution in [3.8, 4) is 0 Å². The molecule has 1 fully saturated rings. The van der Waals surface area contributed by atoms with Gasteiger partial charge in [-0.1, -0.05) is 11.6 Å². The van der Waals surface area contributed by atoms with Crippen LogP contribution in [0, 0.1) is 5.21 Å². The summed E-state index contributed by atoms with van der Waals surface area (Å²) in [6.45, 7) is 1.42. The second kappa shape index (κ2) is 3.29. The Morgan fingerprint density at radius 2 is 1.62 bits per heavy atom. The van der Waals surface area contributed by atoms with Gasteiger partial charge in [0, 0.05) is 30.0 Å². The van der Waals surface area contributed by atoms with Crippen molar-refractivity contribution in [1.29, 1.82) is 0 Å². The van der Waals surface area contributed by atoms with Gasteiger partial charge in [-0.2, -0.15) is 0 Å². The maximum Gasteiger partial charge on any atom is 0.132 e. The van der Waals surface area contributed by atoms with Gasteiger partial charge in [0.05, 0.1) is 13.1 Å². The zero-order valence-corrected chi connectivity index (χ0v) is 8.13. The molecule has 1 aliphatic heterocycles. The van der Waals surface area contributed by atoms with Gasteiger partial charge in [0.15, 0.2) is 0 Å². The van der Waals surface area contributed by atoms with E-state index in [9.17, 15) is 5.21 Å². The van der Waals surface area contributed by atoms with Gasteiger partial charge in [-0.05, 0) is 12.1 Å². The largest absolute Gasteiger partial charge is 0.627 e. The number of hydroxylamine groups is 2. The van der Waals surface area contributed by atoms with Crippen molar-refractivity contribution in [3.63, 3.8) is 0 Å². The number of hydrogen-bond donors (Lipinski definition) is 0. The second-order valence-corrected chi connectivity index (χ2v) is 3.96. The molecule has 0 saturated carbocycles. The lowest BCUT2D eigenvalue weighted by atomic mass is 10.3. The van der Waals surface area contributed by atoms with Crippen molar-refractivity contribution in [3.05, 3.63) is 34.5 Å². The first kappa shape index (κ1) is 9.00. The van der Waals surface area contributed by atoms with E-state index in [4.69, 9.17) is 11.6 Å². The zero-order valence-electron chi connectivity index (χ0n) is 7.37. The molecule has 0 spiro atoms. The number of halogens is 1. The molecule has 1 heterocycles. The molecule has 0 atom stereocenters. The van der Waals surface area contributed by atoms with Gasteiger partial charge in [0.2, 0.25) is 0 Å². The lowest BCUT2D eigenvalue weighted by Crippen LogP contribution is -2.39. The molecule has 0 aliphatic carbocycles. The highest BCUT2D eigenvalue weighted by Crippen LogP contribution is 2.28. The number of hydrogen-bond acceptors (Lipinski definition) is 1. The van der Waals surface area contributed by atoms with E-state index in [2.05, 4.69) is 0 Å². The first-order valence-electron chi connectivity index (χ1n) is 4.55. The predicted molar refractivity (Wildman–Crippen MR) is 55.6 cm³/mol. The standard InChI is InChI=1S/C10H12ClNO/c11-9-3-5-10(6-4-9)12(13)7-1-2-8-12/h3-6H,1-2,7-8H2. The molecule has 0 radical (unpaired) electrons. The monoisotopic (exact) mass is 197 g/mol. The fraction of sp³-hybridized carbons (Fsp3) is 0.400. The van der Waals surface area contributed by atoms with Crippen LogP contribution in [0.25, 0.3) is 0 Å². The molecule has 3 heteroatoms. The van der Waals surface area contributed by atoms with Crippen molar-refractivity contribution in [1.82, 2.24) is 4.65 Å². The summed E-state index contributed by atoms with van der Waals surface area (Å²) < 4.78 is -0.169. The number of quaternary nitrogens is 1. The quantitative estimate of drug-likeness (QED) is 0.502. The van der Waals surface area contributed by atoms with Gasteiger partial charge in [-0.25, -0.2) is 0 Å². The van der Waals surface area contributed by atoms with E-state index in [1.54, 1.807) is 12.1 Å². The number of nitrogens with zero attached hydrogens (tertiary/aromatic N) is 1. The van der Waals surface area contributed by atoms with E-state index < -0.39 is 0 Å². The minimum atomic E-state index is -0.169. The average Bonchev–Trinajstić information content (AvgIpc) is 2.54. The van der Waals surface area contributed by atoms with Gasteiger partial charge in [0.1, 0.15) is 5.69 Å². The van der Waals surface area contributed by atoms with Crippen molar-refractivity contribution in [2.45, 2.75) is 12.8 Å². The highest BCUT2D eigenvalue weighted by atomic mass is 35.5. The highest BCUT2D eigenvalue weighted by Gasteiger charge is 2.24. The summed E-state index contributed by atoms with van der Waals surface area (Å²) in [5.74, 6) is 0. The van der Waals surface area contributed by atoms with Crippen LogP contribution < -0.4 is 4.65 Å². The first-order chi connectivity index (χ1) is 6.21. The number of rotatable bonds is 1. The molecular formula is C10H12ClNO. The fourth-order valence-corrected chi connectivity index (χ4v) is 1.94. The summed E-state index contributed by atoms with van der Waals surface area (Å²) in [7, 11) is 0. The van der Waals surface area contributed by atoms with E-state index >= 15 is 0 Å². The molecule has 1 aromatic rings. The Kier molecular flexibility index (Phi) is 2.28. The van der Waals surface area contributed by atoms with Gasteiger partial charge in [0.25, 0.3) is 0 Å². The van der Waals surface area contributed by atoms with Crippen LogP contribution in [-0.4, -0.2) is 13.1 Å². The Labute approximate surface area is 82.9 Å². The third kappa shape index (κ3) is 1.70. The second-order valence-electron chi connectivity index (χ2n) is 3.52. The van der Waals surface area contributed by atoms with Gasteiger partial charge >= 0.3 is 0 Å². The van der Waals surface area contributed by atoms with Gasteiger partial charge in [-0.3, -0.25) is 0 Å². The Morgan fingerprint density at radius 1 is 1.08 bits per heavy atom. The predicted octanol–water partition coefficient (Wildman–Crippen LogP) is 2.94. The van der Waals surface area contributed by atoms with Crippen molar-refractivity contribution >= 4 is 17.3 Å². The minimum absolute atomic E-state index is 0.169. The lowest BCUT2D eigenvalue weighted by molar-refractivity contribution is 0.455. The van der Waals surface area contributed by atoms with Crippen molar-refractivity contribution < 1.29 is 0 Å². The molecule has 0 aromatic heterocycles. The molecule has 0 unspecified atom stereocenters. The average molecular weight is 198 g/mol. The molecule has 70 valence electrons. The molecule has 2 nitrogen and oxygen atoms in total. The lowest BCUT2D eigenvalue weighted by Gasteiger charge is -2.37. The topological polar surface area (TPSA) is 23.1 Å². The summed E-state index contributed by atoms with van der Waals surface area (Å²) in [5, 5.41) is 12.8. The van der Waals surface area contributed by atoms with Crippen LogP contribution in [0.15, 0.2) is 24.3 Å². The minimum Gasteiger partial charge on any atom is -0.627 e.